The topological polar surface area (TPSA) is 90.5 Å². The van der Waals surface area contributed by atoms with Gasteiger partial charge in [-0.3, -0.25) is 9.59 Å². The number of carbonyl (C=O) groups excluding carboxylic acids is 3. The number of piperidine rings is 1. The van der Waals surface area contributed by atoms with E-state index in [1.807, 2.05) is 25.1 Å². The highest BCUT2D eigenvalue weighted by Gasteiger charge is 2.29. The van der Waals surface area contributed by atoms with E-state index in [1.165, 1.54) is 12.8 Å². The number of benzene rings is 1. The van der Waals surface area contributed by atoms with Crippen molar-refractivity contribution < 1.29 is 14.4 Å². The summed E-state index contributed by atoms with van der Waals surface area (Å²) >= 11 is 0. The second kappa shape index (κ2) is 8.88. The summed E-state index contributed by atoms with van der Waals surface area (Å²) in [4.78, 5) is 38.3. The van der Waals surface area contributed by atoms with Crippen LogP contribution in [0.4, 0.5) is 10.5 Å². The van der Waals surface area contributed by atoms with Gasteiger partial charge in [0.15, 0.2) is 0 Å². The Hall–Kier alpha value is -2.57. The van der Waals surface area contributed by atoms with E-state index >= 15 is 0 Å². The maximum absolute atomic E-state index is 12.4. The molecule has 4 amide bonds. The number of likely N-dealkylation sites (tertiary alicyclic amines) is 1. The van der Waals surface area contributed by atoms with Crippen molar-refractivity contribution in [1.82, 2.24) is 15.5 Å². The third-order valence-corrected chi connectivity index (χ3v) is 5.08. The van der Waals surface area contributed by atoms with E-state index in [0.717, 1.165) is 24.9 Å². The van der Waals surface area contributed by atoms with Crippen LogP contribution in [0.5, 0.6) is 0 Å². The molecule has 1 saturated carbocycles. The van der Waals surface area contributed by atoms with Gasteiger partial charge >= 0.3 is 6.03 Å². The van der Waals surface area contributed by atoms with Crippen molar-refractivity contribution in [2.75, 3.05) is 31.5 Å². The van der Waals surface area contributed by atoms with Gasteiger partial charge in [-0.2, -0.15) is 0 Å². The number of hydrogen-bond donors (Lipinski definition) is 3. The van der Waals surface area contributed by atoms with Gasteiger partial charge in [-0.15, -0.1) is 0 Å². The lowest BCUT2D eigenvalue weighted by Crippen LogP contribution is -2.49. The number of hydrogen-bond acceptors (Lipinski definition) is 3. The Bertz CT molecular complexity index is 702. The van der Waals surface area contributed by atoms with Crippen LogP contribution < -0.4 is 16.0 Å². The van der Waals surface area contributed by atoms with Crippen LogP contribution in [0.25, 0.3) is 0 Å². The molecule has 1 heterocycles. The van der Waals surface area contributed by atoms with Gasteiger partial charge in [0.1, 0.15) is 0 Å². The highest BCUT2D eigenvalue weighted by molar-refractivity contribution is 5.92. The summed E-state index contributed by atoms with van der Waals surface area (Å²) < 4.78 is 0. The normalized spacial score (nSPS) is 19.3. The molecule has 1 aromatic rings. The smallest absolute Gasteiger partial charge is 0.319 e. The van der Waals surface area contributed by atoms with E-state index in [4.69, 9.17) is 0 Å². The van der Waals surface area contributed by atoms with E-state index in [0.29, 0.717) is 24.7 Å². The number of aryl methyl sites for hydroxylation is 1. The van der Waals surface area contributed by atoms with E-state index in [1.54, 1.807) is 11.0 Å². The zero-order valence-electron chi connectivity index (χ0n) is 15.8. The zero-order chi connectivity index (χ0) is 19.2. The van der Waals surface area contributed by atoms with E-state index in [2.05, 4.69) is 16.0 Å². The molecular formula is C20H28N4O3. The molecule has 0 aromatic heterocycles. The van der Waals surface area contributed by atoms with Crippen LogP contribution in [0.15, 0.2) is 24.3 Å². The summed E-state index contributed by atoms with van der Waals surface area (Å²) in [5.41, 5.74) is 1.73. The fourth-order valence-electron chi connectivity index (χ4n) is 3.29. The van der Waals surface area contributed by atoms with Gasteiger partial charge < -0.3 is 20.9 Å². The first-order valence-corrected chi connectivity index (χ1v) is 9.68. The summed E-state index contributed by atoms with van der Waals surface area (Å²) in [6.07, 6.45) is 4.02. The average molecular weight is 372 g/mol. The molecule has 0 bridgehead atoms. The molecule has 1 saturated heterocycles. The zero-order valence-corrected chi connectivity index (χ0v) is 15.8. The second-order valence-electron chi connectivity index (χ2n) is 7.54. The third kappa shape index (κ3) is 5.98. The molecule has 3 N–H and O–H groups in total. The van der Waals surface area contributed by atoms with E-state index < -0.39 is 6.03 Å². The van der Waals surface area contributed by atoms with Crippen LogP contribution >= 0.6 is 0 Å². The van der Waals surface area contributed by atoms with Crippen molar-refractivity contribution >= 4 is 23.5 Å². The number of nitrogens with zero attached hydrogens (tertiary/aromatic N) is 1. The number of rotatable bonds is 6. The molecule has 1 aliphatic carbocycles. The molecule has 7 nitrogen and oxygen atoms in total. The van der Waals surface area contributed by atoms with Gasteiger partial charge in [0, 0.05) is 25.3 Å². The van der Waals surface area contributed by atoms with Gasteiger partial charge in [0.2, 0.25) is 11.8 Å². The van der Waals surface area contributed by atoms with Crippen LogP contribution in [0.2, 0.25) is 0 Å². The summed E-state index contributed by atoms with van der Waals surface area (Å²) in [5.74, 6) is 0.382. The minimum atomic E-state index is -0.412. The third-order valence-electron chi connectivity index (χ3n) is 5.08. The minimum absolute atomic E-state index is 0.0459. The SMILES string of the molecule is Cc1cccc(NC(=O)NCC(=O)N2CCCC(C(=O)NCC3CC3)C2)c1. The molecule has 0 radical (unpaired) electrons. The Morgan fingerprint density at radius 1 is 1.15 bits per heavy atom. The fourth-order valence-corrected chi connectivity index (χ4v) is 3.29. The predicted octanol–water partition coefficient (Wildman–Crippen LogP) is 1.88. The Labute approximate surface area is 159 Å². The molecule has 146 valence electrons. The number of amides is 4. The van der Waals surface area contributed by atoms with Crippen LogP contribution in [0, 0.1) is 18.8 Å². The monoisotopic (exact) mass is 372 g/mol. The minimum Gasteiger partial charge on any atom is -0.356 e. The number of urea groups is 1. The van der Waals surface area contributed by atoms with Crippen LogP contribution in [-0.4, -0.2) is 48.9 Å². The van der Waals surface area contributed by atoms with Crippen molar-refractivity contribution in [2.45, 2.75) is 32.6 Å². The fraction of sp³-hybridized carbons (Fsp3) is 0.550. The van der Waals surface area contributed by atoms with Crippen molar-refractivity contribution in [1.29, 1.82) is 0 Å². The molecule has 3 rings (SSSR count). The van der Waals surface area contributed by atoms with Crippen LogP contribution in [0.3, 0.4) is 0 Å². The molecule has 0 spiro atoms. The quantitative estimate of drug-likeness (QED) is 0.712. The highest BCUT2D eigenvalue weighted by Crippen LogP contribution is 2.28. The van der Waals surface area contributed by atoms with Gasteiger partial charge in [0.25, 0.3) is 0 Å². The molecular weight excluding hydrogens is 344 g/mol. The van der Waals surface area contributed by atoms with E-state index in [9.17, 15) is 14.4 Å². The average Bonchev–Trinajstić information content (AvgIpc) is 3.49. The van der Waals surface area contributed by atoms with Gasteiger partial charge in [0.05, 0.1) is 12.5 Å². The number of carbonyl (C=O) groups is 3. The van der Waals surface area contributed by atoms with Crippen LogP contribution in [-0.2, 0) is 9.59 Å². The van der Waals surface area contributed by atoms with Gasteiger partial charge in [-0.05, 0) is 56.2 Å². The maximum Gasteiger partial charge on any atom is 0.319 e. The molecule has 27 heavy (non-hydrogen) atoms. The number of anilines is 1. The summed E-state index contributed by atoms with van der Waals surface area (Å²) in [5, 5.41) is 8.31. The molecule has 2 aliphatic rings. The van der Waals surface area contributed by atoms with Gasteiger partial charge in [-0.25, -0.2) is 4.79 Å². The molecule has 1 aliphatic heterocycles. The molecule has 2 fully saturated rings. The first-order valence-electron chi connectivity index (χ1n) is 9.68. The largest absolute Gasteiger partial charge is 0.356 e. The van der Waals surface area contributed by atoms with Crippen molar-refractivity contribution in [3.05, 3.63) is 29.8 Å². The highest BCUT2D eigenvalue weighted by atomic mass is 16.2. The second-order valence-corrected chi connectivity index (χ2v) is 7.54. The van der Waals surface area contributed by atoms with Crippen molar-refractivity contribution in [3.8, 4) is 0 Å². The lowest BCUT2D eigenvalue weighted by Gasteiger charge is -2.32. The Morgan fingerprint density at radius 2 is 1.96 bits per heavy atom. The lowest BCUT2D eigenvalue weighted by molar-refractivity contribution is -0.134. The van der Waals surface area contributed by atoms with Gasteiger partial charge in [-0.1, -0.05) is 12.1 Å². The van der Waals surface area contributed by atoms with Crippen molar-refractivity contribution in [3.63, 3.8) is 0 Å². The molecule has 7 heteroatoms. The first-order chi connectivity index (χ1) is 13.0. The Kier molecular flexibility index (Phi) is 6.32. The Morgan fingerprint density at radius 3 is 2.70 bits per heavy atom. The standard InChI is InChI=1S/C20H28N4O3/c1-14-4-2-6-17(10-14)23-20(27)22-12-18(25)24-9-3-5-16(13-24)19(26)21-11-15-7-8-15/h2,4,6,10,15-16H,3,5,7-9,11-13H2,1H3,(H,21,26)(H2,22,23,27). The van der Waals surface area contributed by atoms with Crippen molar-refractivity contribution in [2.24, 2.45) is 11.8 Å². The molecule has 1 aromatic carbocycles. The molecule has 1 atom stereocenters. The van der Waals surface area contributed by atoms with Crippen LogP contribution in [0.1, 0.15) is 31.2 Å². The predicted molar refractivity (Wildman–Crippen MR) is 103 cm³/mol. The Balaban J connectivity index is 1.41. The lowest BCUT2D eigenvalue weighted by atomic mass is 9.97. The molecule has 1 unspecified atom stereocenters. The first kappa shape index (κ1) is 19.2. The maximum atomic E-state index is 12.4. The number of nitrogens with one attached hydrogen (secondary N) is 3. The summed E-state index contributed by atoms with van der Waals surface area (Å²) in [7, 11) is 0. The van der Waals surface area contributed by atoms with E-state index in [-0.39, 0.29) is 24.3 Å². The summed E-state index contributed by atoms with van der Waals surface area (Å²) in [6.45, 7) is 3.68. The summed E-state index contributed by atoms with van der Waals surface area (Å²) in [6, 6.07) is 7.05.